The minimum Gasteiger partial charge on any atom is -0.508 e. The average molecular weight is 266 g/mol. The summed E-state index contributed by atoms with van der Waals surface area (Å²) in [5.41, 5.74) is 4.70. The normalized spacial score (nSPS) is 18.2. The number of phenols is 1. The second-order valence-electron chi connectivity index (χ2n) is 5.30. The van der Waals surface area contributed by atoms with Crippen molar-refractivity contribution in [1.82, 2.24) is 5.01 Å². The fourth-order valence-corrected chi connectivity index (χ4v) is 2.57. The first-order valence-electron chi connectivity index (χ1n) is 6.80. The van der Waals surface area contributed by atoms with Gasteiger partial charge in [0.2, 0.25) is 0 Å². The third kappa shape index (κ3) is 2.39. The summed E-state index contributed by atoms with van der Waals surface area (Å²) in [4.78, 5) is 0. The van der Waals surface area contributed by atoms with Crippen LogP contribution in [-0.4, -0.2) is 22.9 Å². The number of nitrogens with zero attached hydrogens (tertiary/aromatic N) is 2. The van der Waals surface area contributed by atoms with Crippen LogP contribution in [0.15, 0.2) is 53.6 Å². The lowest BCUT2D eigenvalue weighted by Crippen LogP contribution is -2.13. The van der Waals surface area contributed by atoms with E-state index >= 15 is 0 Å². The molecule has 0 aliphatic carbocycles. The molecule has 1 N–H and O–H groups in total. The third-order valence-electron chi connectivity index (χ3n) is 3.78. The maximum absolute atomic E-state index is 9.36. The van der Waals surface area contributed by atoms with Crippen molar-refractivity contribution in [2.45, 2.75) is 19.4 Å². The molecule has 0 spiro atoms. The second-order valence-corrected chi connectivity index (χ2v) is 5.30. The lowest BCUT2D eigenvalue weighted by molar-refractivity contribution is 0.290. The van der Waals surface area contributed by atoms with Gasteiger partial charge in [-0.3, -0.25) is 5.01 Å². The van der Waals surface area contributed by atoms with E-state index in [-0.39, 0.29) is 5.75 Å². The van der Waals surface area contributed by atoms with Crippen molar-refractivity contribution in [3.8, 4) is 5.75 Å². The molecule has 0 aromatic heterocycles. The van der Waals surface area contributed by atoms with Crippen LogP contribution in [0.3, 0.4) is 0 Å². The number of hydrazone groups is 1. The fourth-order valence-electron chi connectivity index (χ4n) is 2.57. The van der Waals surface area contributed by atoms with Crippen molar-refractivity contribution in [2.75, 3.05) is 7.05 Å². The van der Waals surface area contributed by atoms with Crippen molar-refractivity contribution in [3.63, 3.8) is 0 Å². The quantitative estimate of drug-likeness (QED) is 0.903. The van der Waals surface area contributed by atoms with E-state index in [0.717, 1.165) is 17.7 Å². The van der Waals surface area contributed by atoms with Crippen LogP contribution in [0.4, 0.5) is 0 Å². The molecule has 2 aromatic rings. The van der Waals surface area contributed by atoms with E-state index in [2.05, 4.69) is 36.3 Å². The van der Waals surface area contributed by atoms with Crippen LogP contribution in [0, 0.1) is 6.92 Å². The fraction of sp³-hybridized carbons (Fsp3) is 0.235. The molecule has 1 atom stereocenters. The van der Waals surface area contributed by atoms with Gasteiger partial charge in [-0.2, -0.15) is 5.10 Å². The van der Waals surface area contributed by atoms with Crippen LogP contribution in [0.5, 0.6) is 5.75 Å². The van der Waals surface area contributed by atoms with Gasteiger partial charge in [0, 0.05) is 13.5 Å². The number of aryl methyl sites for hydroxylation is 1. The highest BCUT2D eigenvalue weighted by molar-refractivity contribution is 6.01. The molecule has 0 bridgehead atoms. The number of phenolic OH excluding ortho intramolecular Hbond substituents is 1. The van der Waals surface area contributed by atoms with E-state index in [1.165, 1.54) is 11.1 Å². The number of hydrogen-bond donors (Lipinski definition) is 1. The first kappa shape index (κ1) is 12.7. The first-order valence-corrected chi connectivity index (χ1v) is 6.80. The van der Waals surface area contributed by atoms with Gasteiger partial charge in [-0.1, -0.05) is 29.8 Å². The number of benzene rings is 2. The van der Waals surface area contributed by atoms with Gasteiger partial charge in [-0.25, -0.2) is 0 Å². The van der Waals surface area contributed by atoms with E-state index in [9.17, 15) is 5.11 Å². The van der Waals surface area contributed by atoms with Crippen LogP contribution < -0.4 is 0 Å². The summed E-state index contributed by atoms with van der Waals surface area (Å²) in [6, 6.07) is 16.2. The second kappa shape index (κ2) is 5.00. The van der Waals surface area contributed by atoms with Crippen molar-refractivity contribution in [1.29, 1.82) is 0 Å². The molecule has 3 rings (SSSR count). The van der Waals surface area contributed by atoms with Crippen molar-refractivity contribution < 1.29 is 5.11 Å². The zero-order chi connectivity index (χ0) is 14.1. The van der Waals surface area contributed by atoms with Crippen LogP contribution >= 0.6 is 0 Å². The Balaban J connectivity index is 1.83. The van der Waals surface area contributed by atoms with E-state index in [4.69, 9.17) is 0 Å². The number of hydrogen-bond acceptors (Lipinski definition) is 3. The van der Waals surface area contributed by atoms with Crippen molar-refractivity contribution in [2.24, 2.45) is 5.10 Å². The van der Waals surface area contributed by atoms with Gasteiger partial charge in [0.15, 0.2) is 0 Å². The Bertz CT molecular complexity index is 629. The molecule has 1 aliphatic rings. The van der Waals surface area contributed by atoms with Crippen LogP contribution in [-0.2, 0) is 0 Å². The van der Waals surface area contributed by atoms with Crippen LogP contribution in [0.1, 0.15) is 29.2 Å². The Labute approximate surface area is 119 Å². The maximum atomic E-state index is 9.36. The Kier molecular flexibility index (Phi) is 3.18. The van der Waals surface area contributed by atoms with Gasteiger partial charge in [0.05, 0.1) is 11.8 Å². The smallest absolute Gasteiger partial charge is 0.115 e. The van der Waals surface area contributed by atoms with E-state index in [0.29, 0.717) is 6.04 Å². The van der Waals surface area contributed by atoms with Gasteiger partial charge < -0.3 is 5.11 Å². The predicted molar refractivity (Wildman–Crippen MR) is 80.9 cm³/mol. The Morgan fingerprint density at radius 2 is 1.70 bits per heavy atom. The molecular formula is C17H18N2O. The molecule has 0 saturated heterocycles. The highest BCUT2D eigenvalue weighted by atomic mass is 16.3. The number of rotatable bonds is 2. The van der Waals surface area contributed by atoms with E-state index in [1.807, 2.05) is 24.2 Å². The topological polar surface area (TPSA) is 35.8 Å². The van der Waals surface area contributed by atoms with Gasteiger partial charge in [-0.05, 0) is 42.3 Å². The molecule has 3 heteroatoms. The zero-order valence-corrected chi connectivity index (χ0v) is 11.7. The van der Waals surface area contributed by atoms with Gasteiger partial charge in [-0.15, -0.1) is 0 Å². The zero-order valence-electron chi connectivity index (χ0n) is 11.7. The van der Waals surface area contributed by atoms with Crippen molar-refractivity contribution in [3.05, 3.63) is 65.2 Å². The minimum absolute atomic E-state index is 0.288. The Hall–Kier alpha value is -2.29. The summed E-state index contributed by atoms with van der Waals surface area (Å²) in [6.07, 6.45) is 0.893. The molecule has 0 amide bonds. The minimum atomic E-state index is 0.288. The molecule has 1 aliphatic heterocycles. The molecular weight excluding hydrogens is 248 g/mol. The summed E-state index contributed by atoms with van der Waals surface area (Å²) in [5.74, 6) is 0.288. The average Bonchev–Trinajstić information content (AvgIpc) is 2.82. The largest absolute Gasteiger partial charge is 0.508 e. The van der Waals surface area contributed by atoms with E-state index < -0.39 is 0 Å². The molecule has 0 radical (unpaired) electrons. The van der Waals surface area contributed by atoms with Crippen LogP contribution in [0.25, 0.3) is 0 Å². The lowest BCUT2D eigenvalue weighted by Gasteiger charge is -2.19. The molecule has 2 aromatic carbocycles. The molecule has 1 unspecified atom stereocenters. The molecule has 0 fully saturated rings. The maximum Gasteiger partial charge on any atom is 0.115 e. The Morgan fingerprint density at radius 3 is 2.35 bits per heavy atom. The summed E-state index contributed by atoms with van der Waals surface area (Å²) in [6.45, 7) is 2.10. The monoisotopic (exact) mass is 266 g/mol. The molecule has 3 nitrogen and oxygen atoms in total. The van der Waals surface area contributed by atoms with Gasteiger partial charge >= 0.3 is 0 Å². The SMILES string of the molecule is Cc1ccc(C2CC(c3ccc(O)cc3)=NN2C)cc1. The first-order chi connectivity index (χ1) is 9.63. The molecule has 1 heterocycles. The lowest BCUT2D eigenvalue weighted by atomic mass is 9.98. The standard InChI is InChI=1S/C17H18N2O/c1-12-3-5-14(6-4-12)17-11-16(18-19(17)2)13-7-9-15(20)10-8-13/h3-10,17,20H,11H2,1-2H3. The molecule has 0 saturated carbocycles. The summed E-state index contributed by atoms with van der Waals surface area (Å²) in [5, 5.41) is 16.0. The van der Waals surface area contributed by atoms with Crippen LogP contribution in [0.2, 0.25) is 0 Å². The van der Waals surface area contributed by atoms with E-state index in [1.54, 1.807) is 12.1 Å². The highest BCUT2D eigenvalue weighted by Gasteiger charge is 2.25. The van der Waals surface area contributed by atoms with Gasteiger partial charge in [0.25, 0.3) is 0 Å². The predicted octanol–water partition coefficient (Wildman–Crippen LogP) is 3.48. The highest BCUT2D eigenvalue weighted by Crippen LogP contribution is 2.31. The van der Waals surface area contributed by atoms with Gasteiger partial charge in [0.1, 0.15) is 5.75 Å². The number of aromatic hydroxyl groups is 1. The molecule has 102 valence electrons. The summed E-state index contributed by atoms with van der Waals surface area (Å²) in [7, 11) is 2.01. The third-order valence-corrected chi connectivity index (χ3v) is 3.78. The van der Waals surface area contributed by atoms with Crippen molar-refractivity contribution >= 4 is 5.71 Å². The Morgan fingerprint density at radius 1 is 1.05 bits per heavy atom. The molecule has 20 heavy (non-hydrogen) atoms. The summed E-state index contributed by atoms with van der Waals surface area (Å²) < 4.78 is 0. The summed E-state index contributed by atoms with van der Waals surface area (Å²) >= 11 is 0.